The molecule has 0 N–H and O–H groups in total. The van der Waals surface area contributed by atoms with Crippen LogP contribution in [0.25, 0.3) is 0 Å². The topological polar surface area (TPSA) is 36.9 Å². The average Bonchev–Trinajstić information content (AvgIpc) is 2.53. The standard InChI is InChI=1S/C20H46O4Si2/c1-17(2)13-21-25(22-14-18(3)4)11-10-12-26(9,23-15-19(5)6)24-16-20(7)8/h17-20,25H,10-16H2,1-9H3. The second-order valence-electron chi connectivity index (χ2n) is 9.32. The third kappa shape index (κ3) is 15.3. The van der Waals surface area contributed by atoms with Crippen molar-refractivity contribution >= 4 is 17.8 Å². The van der Waals surface area contributed by atoms with Crippen molar-refractivity contribution in [1.82, 2.24) is 0 Å². The first kappa shape index (κ1) is 26.3. The molecule has 0 radical (unpaired) electrons. The van der Waals surface area contributed by atoms with Crippen LogP contribution < -0.4 is 0 Å². The number of rotatable bonds is 16. The largest absolute Gasteiger partial charge is 0.396 e. The highest BCUT2D eigenvalue weighted by Gasteiger charge is 2.32. The highest BCUT2D eigenvalue weighted by molar-refractivity contribution is 6.66. The third-order valence-corrected chi connectivity index (χ3v) is 8.57. The van der Waals surface area contributed by atoms with Gasteiger partial charge in [0.1, 0.15) is 0 Å². The van der Waals surface area contributed by atoms with Gasteiger partial charge in [0, 0.05) is 26.4 Å². The number of hydrogen-bond acceptors (Lipinski definition) is 4. The molecule has 26 heavy (non-hydrogen) atoms. The van der Waals surface area contributed by atoms with Crippen molar-refractivity contribution in [3.05, 3.63) is 0 Å². The highest BCUT2D eigenvalue weighted by atomic mass is 28.4. The molecule has 0 aliphatic rings. The molecule has 0 aromatic heterocycles. The molecule has 0 aliphatic carbocycles. The van der Waals surface area contributed by atoms with Crippen molar-refractivity contribution in [3.63, 3.8) is 0 Å². The summed E-state index contributed by atoms with van der Waals surface area (Å²) in [4.78, 5) is 0. The summed E-state index contributed by atoms with van der Waals surface area (Å²) in [6.45, 7) is 22.9. The Morgan fingerprint density at radius 1 is 0.654 bits per heavy atom. The zero-order valence-electron chi connectivity index (χ0n) is 19.0. The van der Waals surface area contributed by atoms with Crippen LogP contribution in [0, 0.1) is 23.7 Å². The Bertz CT molecular complexity index is 312. The molecule has 0 fully saturated rings. The maximum Gasteiger partial charge on any atom is 0.334 e. The van der Waals surface area contributed by atoms with Crippen LogP contribution in [0.2, 0.25) is 18.6 Å². The molecule has 0 bridgehead atoms. The molecule has 0 heterocycles. The summed E-state index contributed by atoms with van der Waals surface area (Å²) in [5.41, 5.74) is 0. The van der Waals surface area contributed by atoms with Crippen LogP contribution >= 0.6 is 0 Å². The van der Waals surface area contributed by atoms with Crippen molar-refractivity contribution in [1.29, 1.82) is 0 Å². The van der Waals surface area contributed by atoms with E-state index in [9.17, 15) is 0 Å². The van der Waals surface area contributed by atoms with E-state index in [-0.39, 0.29) is 0 Å². The maximum atomic E-state index is 6.27. The van der Waals surface area contributed by atoms with Gasteiger partial charge < -0.3 is 17.7 Å². The molecule has 0 aromatic carbocycles. The van der Waals surface area contributed by atoms with Crippen molar-refractivity contribution in [2.24, 2.45) is 23.7 Å². The summed E-state index contributed by atoms with van der Waals surface area (Å²) in [6.07, 6.45) is 1.08. The molecule has 0 saturated heterocycles. The van der Waals surface area contributed by atoms with Gasteiger partial charge in [0.2, 0.25) is 0 Å². The van der Waals surface area contributed by atoms with Gasteiger partial charge in [-0.2, -0.15) is 0 Å². The predicted molar refractivity (Wildman–Crippen MR) is 116 cm³/mol. The Kier molecular flexibility index (Phi) is 14.4. The number of hydrogen-bond donors (Lipinski definition) is 0. The van der Waals surface area contributed by atoms with Crippen LogP contribution in [0.1, 0.15) is 61.8 Å². The summed E-state index contributed by atoms with van der Waals surface area (Å²) in [6, 6.07) is 2.06. The van der Waals surface area contributed by atoms with E-state index >= 15 is 0 Å². The van der Waals surface area contributed by atoms with E-state index in [2.05, 4.69) is 61.9 Å². The summed E-state index contributed by atoms with van der Waals surface area (Å²) >= 11 is 0. The second-order valence-corrected chi connectivity index (χ2v) is 14.8. The lowest BCUT2D eigenvalue weighted by atomic mass is 10.2. The van der Waals surface area contributed by atoms with Gasteiger partial charge in [0.15, 0.2) is 0 Å². The lowest BCUT2D eigenvalue weighted by Gasteiger charge is -2.29. The Labute approximate surface area is 166 Å². The fourth-order valence-electron chi connectivity index (χ4n) is 2.28. The van der Waals surface area contributed by atoms with E-state index in [0.29, 0.717) is 23.7 Å². The van der Waals surface area contributed by atoms with Crippen LogP contribution in [0.5, 0.6) is 0 Å². The van der Waals surface area contributed by atoms with Crippen molar-refractivity contribution in [3.8, 4) is 0 Å². The van der Waals surface area contributed by atoms with Gasteiger partial charge in [-0.25, -0.2) is 0 Å². The molecular formula is C20H46O4Si2. The first-order valence-electron chi connectivity index (χ1n) is 10.5. The molecule has 0 aliphatic heterocycles. The maximum absolute atomic E-state index is 6.27. The molecule has 158 valence electrons. The summed E-state index contributed by atoms with van der Waals surface area (Å²) < 4.78 is 24.8. The van der Waals surface area contributed by atoms with Crippen LogP contribution in [-0.2, 0) is 17.7 Å². The van der Waals surface area contributed by atoms with Gasteiger partial charge in [0.25, 0.3) is 0 Å². The SMILES string of the molecule is CC(C)CO[SiH](CCC[Si](C)(OCC(C)C)OCC(C)C)OCC(C)C. The van der Waals surface area contributed by atoms with E-state index in [1.165, 1.54) is 0 Å². The molecule has 0 rings (SSSR count). The van der Waals surface area contributed by atoms with Crippen LogP contribution in [0.4, 0.5) is 0 Å². The van der Waals surface area contributed by atoms with Crippen LogP contribution in [0.15, 0.2) is 0 Å². The van der Waals surface area contributed by atoms with Gasteiger partial charge in [-0.05, 0) is 48.7 Å². The lowest BCUT2D eigenvalue weighted by Crippen LogP contribution is -2.41. The first-order chi connectivity index (χ1) is 12.0. The fourth-order valence-corrected chi connectivity index (χ4v) is 7.44. The van der Waals surface area contributed by atoms with E-state index in [4.69, 9.17) is 17.7 Å². The van der Waals surface area contributed by atoms with E-state index in [1.54, 1.807) is 0 Å². The van der Waals surface area contributed by atoms with Gasteiger partial charge in [-0.15, -0.1) is 0 Å². The van der Waals surface area contributed by atoms with Crippen molar-refractivity contribution < 1.29 is 17.7 Å². The minimum absolute atomic E-state index is 0.537. The molecule has 0 atom stereocenters. The van der Waals surface area contributed by atoms with Crippen molar-refractivity contribution in [2.75, 3.05) is 26.4 Å². The molecule has 0 spiro atoms. The third-order valence-electron chi connectivity index (χ3n) is 3.75. The normalized spacial score (nSPS) is 13.2. The smallest absolute Gasteiger partial charge is 0.334 e. The molecule has 6 heteroatoms. The van der Waals surface area contributed by atoms with Gasteiger partial charge >= 0.3 is 17.8 Å². The fraction of sp³-hybridized carbons (Fsp3) is 1.00. The summed E-state index contributed by atoms with van der Waals surface area (Å²) in [5, 5.41) is 0. The summed E-state index contributed by atoms with van der Waals surface area (Å²) in [5.74, 6) is 2.18. The zero-order valence-corrected chi connectivity index (χ0v) is 21.1. The van der Waals surface area contributed by atoms with E-state index in [1.807, 2.05) is 0 Å². The zero-order chi connectivity index (χ0) is 20.2. The van der Waals surface area contributed by atoms with Gasteiger partial charge in [-0.3, -0.25) is 0 Å². The molecule has 4 nitrogen and oxygen atoms in total. The Morgan fingerprint density at radius 2 is 1.04 bits per heavy atom. The average molecular weight is 407 g/mol. The Hall–Kier alpha value is 0.274. The molecule has 0 aromatic rings. The Morgan fingerprint density at radius 3 is 1.38 bits per heavy atom. The predicted octanol–water partition coefficient (Wildman–Crippen LogP) is 5.36. The molecule has 0 amide bonds. The summed E-state index contributed by atoms with van der Waals surface area (Å²) in [7, 11) is -3.72. The quantitative estimate of drug-likeness (QED) is 0.323. The second kappa shape index (κ2) is 14.3. The molecule has 0 unspecified atom stereocenters. The van der Waals surface area contributed by atoms with E-state index in [0.717, 1.165) is 44.9 Å². The monoisotopic (exact) mass is 406 g/mol. The first-order valence-corrected chi connectivity index (χ1v) is 14.8. The minimum Gasteiger partial charge on any atom is -0.396 e. The van der Waals surface area contributed by atoms with Gasteiger partial charge in [-0.1, -0.05) is 55.4 Å². The molecule has 0 saturated carbocycles. The van der Waals surface area contributed by atoms with Crippen LogP contribution in [0.3, 0.4) is 0 Å². The van der Waals surface area contributed by atoms with Crippen LogP contribution in [-0.4, -0.2) is 44.3 Å². The van der Waals surface area contributed by atoms with Gasteiger partial charge in [0.05, 0.1) is 0 Å². The van der Waals surface area contributed by atoms with Crippen molar-refractivity contribution in [2.45, 2.75) is 80.4 Å². The van der Waals surface area contributed by atoms with E-state index < -0.39 is 17.8 Å². The highest BCUT2D eigenvalue weighted by Crippen LogP contribution is 2.21. The molecular weight excluding hydrogens is 360 g/mol. The lowest BCUT2D eigenvalue weighted by molar-refractivity contribution is 0.141. The minimum atomic E-state index is -2.12. The Balaban J connectivity index is 4.56.